The fourth-order valence-electron chi connectivity index (χ4n) is 2.41. The topological polar surface area (TPSA) is 79.8 Å². The number of ether oxygens (including phenoxy) is 1. The third-order valence-electron chi connectivity index (χ3n) is 3.86. The molecule has 0 aliphatic carbocycles. The lowest BCUT2D eigenvalue weighted by Gasteiger charge is -2.09. The maximum absolute atomic E-state index is 12.0. The van der Waals surface area contributed by atoms with E-state index < -0.39 is 0 Å². The van der Waals surface area contributed by atoms with Crippen LogP contribution in [0.2, 0.25) is 10.0 Å². The molecule has 0 unspecified atom stereocenters. The van der Waals surface area contributed by atoms with E-state index in [0.29, 0.717) is 32.6 Å². The Morgan fingerprint density at radius 2 is 1.70 bits per heavy atom. The van der Waals surface area contributed by atoms with Crippen molar-refractivity contribution >= 4 is 46.9 Å². The lowest BCUT2D eigenvalue weighted by Crippen LogP contribution is -2.20. The molecule has 0 radical (unpaired) electrons. The zero-order chi connectivity index (χ0) is 21.3. The van der Waals surface area contributed by atoms with E-state index in [1.165, 1.54) is 6.21 Å². The van der Waals surface area contributed by atoms with Gasteiger partial charge in [0.25, 0.3) is 11.8 Å². The molecular weight excluding hydrogens is 425 g/mol. The Bertz CT molecular complexity index is 1050. The highest BCUT2D eigenvalue weighted by Crippen LogP contribution is 2.25. The minimum Gasteiger partial charge on any atom is -0.482 e. The van der Waals surface area contributed by atoms with Gasteiger partial charge in [-0.25, -0.2) is 5.43 Å². The Labute approximate surface area is 183 Å². The normalized spacial score (nSPS) is 10.6. The molecule has 0 saturated carbocycles. The first-order chi connectivity index (χ1) is 14.5. The number of nitrogens with zero attached hydrogens (tertiary/aromatic N) is 1. The number of carbonyl (C=O) groups excluding carboxylic acids is 2. The molecule has 30 heavy (non-hydrogen) atoms. The van der Waals surface area contributed by atoms with Gasteiger partial charge in [-0.05, 0) is 60.2 Å². The van der Waals surface area contributed by atoms with Gasteiger partial charge in [0.1, 0.15) is 5.75 Å². The van der Waals surface area contributed by atoms with Crippen molar-refractivity contribution in [3.8, 4) is 5.75 Å². The number of hydrogen-bond acceptors (Lipinski definition) is 4. The van der Waals surface area contributed by atoms with Crippen molar-refractivity contribution in [2.45, 2.75) is 0 Å². The molecule has 0 bridgehead atoms. The molecule has 2 amide bonds. The van der Waals surface area contributed by atoms with Crippen molar-refractivity contribution in [1.29, 1.82) is 0 Å². The molecule has 0 fully saturated rings. The number of hydrogen-bond donors (Lipinski definition) is 2. The van der Waals surface area contributed by atoms with Gasteiger partial charge < -0.3 is 10.1 Å². The average Bonchev–Trinajstić information content (AvgIpc) is 2.74. The van der Waals surface area contributed by atoms with Crippen molar-refractivity contribution in [3.63, 3.8) is 0 Å². The van der Waals surface area contributed by atoms with E-state index in [9.17, 15) is 9.59 Å². The lowest BCUT2D eigenvalue weighted by atomic mass is 10.2. The number of hydrazone groups is 1. The van der Waals surface area contributed by atoms with Crippen LogP contribution in [-0.4, -0.2) is 24.6 Å². The molecular formula is C22H17Cl2N3O3. The number of rotatable bonds is 7. The first kappa shape index (κ1) is 21.4. The summed E-state index contributed by atoms with van der Waals surface area (Å²) in [4.78, 5) is 24.0. The number of carbonyl (C=O) groups is 2. The molecule has 0 atom stereocenters. The zero-order valence-electron chi connectivity index (χ0n) is 15.6. The zero-order valence-corrected chi connectivity index (χ0v) is 17.2. The summed E-state index contributed by atoms with van der Waals surface area (Å²) in [6.45, 7) is -0.181. The van der Waals surface area contributed by atoms with Crippen LogP contribution in [0.25, 0.3) is 0 Å². The molecule has 0 aromatic heterocycles. The number of benzene rings is 3. The Kier molecular flexibility index (Phi) is 7.43. The fourth-order valence-corrected chi connectivity index (χ4v) is 2.78. The van der Waals surface area contributed by atoms with E-state index in [4.69, 9.17) is 27.9 Å². The SMILES string of the molecule is O=C(COc1ccc(/C=N\NC(=O)c2ccc(Cl)cc2)cc1Cl)Nc1ccccc1. The Morgan fingerprint density at radius 3 is 2.40 bits per heavy atom. The van der Waals surface area contributed by atoms with E-state index in [1.54, 1.807) is 54.6 Å². The fraction of sp³-hybridized carbons (Fsp3) is 0.0455. The summed E-state index contributed by atoms with van der Waals surface area (Å²) in [6, 6.07) is 20.5. The minimum atomic E-state index is -0.363. The van der Waals surface area contributed by atoms with Gasteiger partial charge in [0.05, 0.1) is 11.2 Å². The predicted molar refractivity (Wildman–Crippen MR) is 119 cm³/mol. The number of halogens is 2. The highest BCUT2D eigenvalue weighted by molar-refractivity contribution is 6.32. The van der Waals surface area contributed by atoms with Gasteiger partial charge in [0.15, 0.2) is 6.61 Å². The van der Waals surface area contributed by atoms with Crippen molar-refractivity contribution < 1.29 is 14.3 Å². The standard InChI is InChI=1S/C22H17Cl2N3O3/c23-17-9-7-16(8-10-17)22(29)27-25-13-15-6-11-20(19(24)12-15)30-14-21(28)26-18-4-2-1-3-5-18/h1-13H,14H2,(H,26,28)(H,27,29)/b25-13-. The molecule has 3 aromatic carbocycles. The monoisotopic (exact) mass is 441 g/mol. The van der Waals surface area contributed by atoms with Gasteiger partial charge in [0, 0.05) is 16.3 Å². The average molecular weight is 442 g/mol. The first-order valence-electron chi connectivity index (χ1n) is 8.87. The molecule has 3 rings (SSSR count). The van der Waals surface area contributed by atoms with Gasteiger partial charge in [-0.2, -0.15) is 5.10 Å². The summed E-state index contributed by atoms with van der Waals surface area (Å²) < 4.78 is 5.47. The second kappa shape index (κ2) is 10.4. The second-order valence-corrected chi connectivity index (χ2v) is 6.94. The van der Waals surface area contributed by atoms with Crippen LogP contribution in [0.15, 0.2) is 77.9 Å². The minimum absolute atomic E-state index is 0.181. The van der Waals surface area contributed by atoms with E-state index >= 15 is 0 Å². The van der Waals surface area contributed by atoms with Gasteiger partial charge in [-0.3, -0.25) is 9.59 Å². The van der Waals surface area contributed by atoms with E-state index in [0.717, 1.165) is 0 Å². The summed E-state index contributed by atoms with van der Waals surface area (Å²) in [5.41, 5.74) is 4.20. The van der Waals surface area contributed by atoms with E-state index in [2.05, 4.69) is 15.8 Å². The number of amides is 2. The van der Waals surface area contributed by atoms with Crippen LogP contribution >= 0.6 is 23.2 Å². The molecule has 0 spiro atoms. The number of nitrogens with one attached hydrogen (secondary N) is 2. The van der Waals surface area contributed by atoms with Gasteiger partial charge in [0.2, 0.25) is 0 Å². The highest BCUT2D eigenvalue weighted by Gasteiger charge is 2.07. The first-order valence-corrected chi connectivity index (χ1v) is 9.63. The number of anilines is 1. The van der Waals surface area contributed by atoms with Crippen LogP contribution in [0, 0.1) is 0 Å². The molecule has 0 aliphatic heterocycles. The molecule has 2 N–H and O–H groups in total. The van der Waals surface area contributed by atoms with E-state index in [1.807, 2.05) is 18.2 Å². The van der Waals surface area contributed by atoms with Gasteiger partial charge in [-0.15, -0.1) is 0 Å². The summed E-state index contributed by atoms with van der Waals surface area (Å²) in [5.74, 6) is -0.298. The molecule has 0 saturated heterocycles. The summed E-state index contributed by atoms with van der Waals surface area (Å²) in [7, 11) is 0. The van der Waals surface area contributed by atoms with Crippen molar-refractivity contribution in [1.82, 2.24) is 5.43 Å². The van der Waals surface area contributed by atoms with Crippen molar-refractivity contribution in [2.24, 2.45) is 5.10 Å². The molecule has 0 aliphatic rings. The molecule has 3 aromatic rings. The van der Waals surface area contributed by atoms with Crippen LogP contribution in [0.4, 0.5) is 5.69 Å². The maximum Gasteiger partial charge on any atom is 0.271 e. The summed E-state index contributed by atoms with van der Waals surface area (Å²) in [6.07, 6.45) is 1.45. The highest BCUT2D eigenvalue weighted by atomic mass is 35.5. The van der Waals surface area contributed by atoms with Gasteiger partial charge in [-0.1, -0.05) is 41.4 Å². The Balaban J connectivity index is 1.51. The Hall–Kier alpha value is -3.35. The summed E-state index contributed by atoms with van der Waals surface area (Å²) in [5, 5.41) is 7.49. The quantitative estimate of drug-likeness (QED) is 0.409. The summed E-state index contributed by atoms with van der Waals surface area (Å²) >= 11 is 12.0. The molecule has 152 valence electrons. The van der Waals surface area contributed by atoms with Crippen molar-refractivity contribution in [2.75, 3.05) is 11.9 Å². The van der Waals surface area contributed by atoms with Crippen LogP contribution in [0.1, 0.15) is 15.9 Å². The molecule has 8 heteroatoms. The molecule has 0 heterocycles. The lowest BCUT2D eigenvalue weighted by molar-refractivity contribution is -0.118. The Morgan fingerprint density at radius 1 is 0.967 bits per heavy atom. The smallest absolute Gasteiger partial charge is 0.271 e. The largest absolute Gasteiger partial charge is 0.482 e. The third-order valence-corrected chi connectivity index (χ3v) is 4.41. The van der Waals surface area contributed by atoms with Crippen LogP contribution in [-0.2, 0) is 4.79 Å². The van der Waals surface area contributed by atoms with Crippen LogP contribution < -0.4 is 15.5 Å². The third kappa shape index (κ3) is 6.34. The van der Waals surface area contributed by atoms with Crippen LogP contribution in [0.5, 0.6) is 5.75 Å². The maximum atomic E-state index is 12.0. The predicted octanol–water partition coefficient (Wildman–Crippen LogP) is 4.77. The van der Waals surface area contributed by atoms with Crippen molar-refractivity contribution in [3.05, 3.63) is 94.0 Å². The van der Waals surface area contributed by atoms with Crippen LogP contribution in [0.3, 0.4) is 0 Å². The molecule has 6 nitrogen and oxygen atoms in total. The second-order valence-electron chi connectivity index (χ2n) is 6.10. The number of para-hydroxylation sites is 1. The van der Waals surface area contributed by atoms with E-state index in [-0.39, 0.29) is 18.4 Å². The van der Waals surface area contributed by atoms with Gasteiger partial charge >= 0.3 is 0 Å².